The van der Waals surface area contributed by atoms with Gasteiger partial charge in [0.25, 0.3) is 0 Å². The molecule has 1 aliphatic carbocycles. The van der Waals surface area contributed by atoms with Gasteiger partial charge in [-0.25, -0.2) is 0 Å². The van der Waals surface area contributed by atoms with E-state index < -0.39 is 5.97 Å². The number of hydrogen-bond acceptors (Lipinski definition) is 3. The van der Waals surface area contributed by atoms with E-state index in [1.807, 2.05) is 0 Å². The van der Waals surface area contributed by atoms with Gasteiger partial charge >= 0.3 is 5.97 Å². The molecule has 1 aliphatic rings. The van der Waals surface area contributed by atoms with Crippen LogP contribution in [0, 0.1) is 5.92 Å². The maximum absolute atomic E-state index is 10.5. The maximum atomic E-state index is 10.5. The molecule has 0 aromatic carbocycles. The first-order valence-corrected chi connectivity index (χ1v) is 7.64. The van der Waals surface area contributed by atoms with Crippen LogP contribution in [0.25, 0.3) is 0 Å². The molecule has 4 heteroatoms. The summed E-state index contributed by atoms with van der Waals surface area (Å²) >= 11 is 1.80. The lowest BCUT2D eigenvalue weighted by atomic mass is 9.96. The van der Waals surface area contributed by atoms with Crippen molar-refractivity contribution in [1.29, 1.82) is 0 Å². The Balaban J connectivity index is 1.86. The van der Waals surface area contributed by atoms with Gasteiger partial charge in [0.2, 0.25) is 0 Å². The SMILES string of the molecule is O=C(O)CCCNC(c1cccs1)C1CCCC1. The molecule has 2 N–H and O–H groups in total. The van der Waals surface area contributed by atoms with Crippen LogP contribution in [0.15, 0.2) is 17.5 Å². The van der Waals surface area contributed by atoms with Crippen LogP contribution in [0.1, 0.15) is 49.4 Å². The Morgan fingerprint density at radius 3 is 2.89 bits per heavy atom. The van der Waals surface area contributed by atoms with Gasteiger partial charge in [0, 0.05) is 17.3 Å². The Labute approximate surface area is 112 Å². The minimum atomic E-state index is -0.703. The van der Waals surface area contributed by atoms with Gasteiger partial charge in [0.15, 0.2) is 0 Å². The van der Waals surface area contributed by atoms with Crippen molar-refractivity contribution in [3.8, 4) is 0 Å². The third-order valence-electron chi connectivity index (χ3n) is 3.65. The quantitative estimate of drug-likeness (QED) is 0.744. The fourth-order valence-electron chi connectivity index (χ4n) is 2.76. The van der Waals surface area contributed by atoms with Crippen LogP contribution in [-0.4, -0.2) is 17.6 Å². The second-order valence-corrected chi connectivity index (χ2v) is 5.97. The molecule has 0 saturated heterocycles. The minimum absolute atomic E-state index is 0.259. The van der Waals surface area contributed by atoms with E-state index in [9.17, 15) is 4.79 Å². The van der Waals surface area contributed by atoms with E-state index >= 15 is 0 Å². The molecule has 1 heterocycles. The highest BCUT2D eigenvalue weighted by atomic mass is 32.1. The Kier molecular flexibility index (Phi) is 5.20. The van der Waals surface area contributed by atoms with Crippen molar-refractivity contribution in [3.63, 3.8) is 0 Å². The summed E-state index contributed by atoms with van der Waals surface area (Å²) in [6, 6.07) is 4.72. The molecule has 0 radical (unpaired) electrons. The van der Waals surface area contributed by atoms with E-state index in [0.29, 0.717) is 12.5 Å². The summed E-state index contributed by atoms with van der Waals surface area (Å²) in [7, 11) is 0. The van der Waals surface area contributed by atoms with Crippen molar-refractivity contribution in [1.82, 2.24) is 5.32 Å². The van der Waals surface area contributed by atoms with Crippen LogP contribution in [-0.2, 0) is 4.79 Å². The standard InChI is InChI=1S/C14H21NO2S/c16-13(17)8-3-9-15-14(11-5-1-2-6-11)12-7-4-10-18-12/h4,7,10-11,14-15H,1-3,5-6,8-9H2,(H,16,17). The van der Waals surface area contributed by atoms with Gasteiger partial charge < -0.3 is 10.4 Å². The van der Waals surface area contributed by atoms with Gasteiger partial charge in [0.05, 0.1) is 0 Å². The lowest BCUT2D eigenvalue weighted by Gasteiger charge is -2.23. The first-order valence-electron chi connectivity index (χ1n) is 6.76. The van der Waals surface area contributed by atoms with Gasteiger partial charge in [-0.05, 0) is 43.2 Å². The number of carbonyl (C=O) groups is 1. The zero-order valence-corrected chi connectivity index (χ0v) is 11.4. The van der Waals surface area contributed by atoms with Crippen molar-refractivity contribution in [2.75, 3.05) is 6.54 Å². The minimum Gasteiger partial charge on any atom is -0.481 e. The van der Waals surface area contributed by atoms with Crippen LogP contribution in [0.2, 0.25) is 0 Å². The first kappa shape index (κ1) is 13.6. The van der Waals surface area contributed by atoms with Crippen LogP contribution < -0.4 is 5.32 Å². The molecule has 1 atom stereocenters. The van der Waals surface area contributed by atoms with Crippen molar-refractivity contribution in [2.45, 2.75) is 44.6 Å². The average molecular weight is 267 g/mol. The van der Waals surface area contributed by atoms with Gasteiger partial charge in [-0.15, -0.1) is 11.3 Å². The zero-order chi connectivity index (χ0) is 12.8. The lowest BCUT2D eigenvalue weighted by Crippen LogP contribution is -2.27. The van der Waals surface area contributed by atoms with E-state index in [1.54, 1.807) is 11.3 Å². The Hall–Kier alpha value is -0.870. The summed E-state index contributed by atoms with van der Waals surface area (Å²) < 4.78 is 0. The molecule has 1 aromatic rings. The highest BCUT2D eigenvalue weighted by molar-refractivity contribution is 7.10. The number of nitrogens with one attached hydrogen (secondary N) is 1. The molecule has 18 heavy (non-hydrogen) atoms. The van der Waals surface area contributed by atoms with Gasteiger partial charge in [-0.2, -0.15) is 0 Å². The molecule has 0 bridgehead atoms. The van der Waals surface area contributed by atoms with Crippen LogP contribution >= 0.6 is 11.3 Å². The third kappa shape index (κ3) is 3.82. The highest BCUT2D eigenvalue weighted by Gasteiger charge is 2.26. The van der Waals surface area contributed by atoms with Crippen molar-refractivity contribution in [3.05, 3.63) is 22.4 Å². The molecular formula is C14H21NO2S. The number of carboxylic acid groups (broad SMARTS) is 1. The zero-order valence-electron chi connectivity index (χ0n) is 10.6. The third-order valence-corrected chi connectivity index (χ3v) is 4.61. The summed E-state index contributed by atoms with van der Waals surface area (Å²) in [5, 5.41) is 14.3. The molecule has 3 nitrogen and oxygen atoms in total. The fraction of sp³-hybridized carbons (Fsp3) is 0.643. The van der Waals surface area contributed by atoms with Gasteiger partial charge in [-0.1, -0.05) is 18.9 Å². The topological polar surface area (TPSA) is 49.3 Å². The van der Waals surface area contributed by atoms with E-state index in [2.05, 4.69) is 22.8 Å². The molecule has 0 aliphatic heterocycles. The maximum Gasteiger partial charge on any atom is 0.303 e. The fourth-order valence-corrected chi connectivity index (χ4v) is 3.65. The molecular weight excluding hydrogens is 246 g/mol. The van der Waals surface area contributed by atoms with Crippen LogP contribution in [0.3, 0.4) is 0 Å². The Morgan fingerprint density at radius 1 is 1.50 bits per heavy atom. The van der Waals surface area contributed by atoms with Crippen molar-refractivity contribution in [2.24, 2.45) is 5.92 Å². The molecule has 0 spiro atoms. The molecule has 1 aromatic heterocycles. The summed E-state index contributed by atoms with van der Waals surface area (Å²) in [6.07, 6.45) is 6.24. The lowest BCUT2D eigenvalue weighted by molar-refractivity contribution is -0.137. The van der Waals surface area contributed by atoms with Gasteiger partial charge in [0.1, 0.15) is 0 Å². The van der Waals surface area contributed by atoms with E-state index in [0.717, 1.165) is 12.5 Å². The normalized spacial score (nSPS) is 18.0. The molecule has 1 saturated carbocycles. The van der Waals surface area contributed by atoms with Crippen molar-refractivity contribution < 1.29 is 9.90 Å². The second kappa shape index (κ2) is 6.90. The van der Waals surface area contributed by atoms with Crippen molar-refractivity contribution >= 4 is 17.3 Å². The summed E-state index contributed by atoms with van der Waals surface area (Å²) in [6.45, 7) is 0.797. The monoisotopic (exact) mass is 267 g/mol. The van der Waals surface area contributed by atoms with Crippen LogP contribution in [0.4, 0.5) is 0 Å². The van der Waals surface area contributed by atoms with E-state index in [-0.39, 0.29) is 6.42 Å². The molecule has 1 unspecified atom stereocenters. The number of carboxylic acids is 1. The molecule has 2 rings (SSSR count). The second-order valence-electron chi connectivity index (χ2n) is 4.99. The summed E-state index contributed by atoms with van der Waals surface area (Å²) in [4.78, 5) is 11.9. The van der Waals surface area contributed by atoms with Crippen LogP contribution in [0.5, 0.6) is 0 Å². The van der Waals surface area contributed by atoms with E-state index in [4.69, 9.17) is 5.11 Å². The predicted molar refractivity (Wildman–Crippen MR) is 73.9 cm³/mol. The predicted octanol–water partition coefficient (Wildman–Crippen LogP) is 3.43. The molecule has 1 fully saturated rings. The molecule has 0 amide bonds. The highest BCUT2D eigenvalue weighted by Crippen LogP contribution is 2.37. The first-order chi connectivity index (χ1) is 8.77. The number of rotatable bonds is 7. The smallest absolute Gasteiger partial charge is 0.303 e. The number of thiophene rings is 1. The Morgan fingerprint density at radius 2 is 2.28 bits per heavy atom. The number of aliphatic carboxylic acids is 1. The van der Waals surface area contributed by atoms with E-state index in [1.165, 1.54) is 30.6 Å². The average Bonchev–Trinajstić information content (AvgIpc) is 3.01. The summed E-state index contributed by atoms with van der Waals surface area (Å²) in [5.41, 5.74) is 0. The largest absolute Gasteiger partial charge is 0.481 e. The summed E-state index contributed by atoms with van der Waals surface area (Å²) in [5.74, 6) is 0.0267. The van der Waals surface area contributed by atoms with Gasteiger partial charge in [-0.3, -0.25) is 4.79 Å². The number of hydrogen-bond donors (Lipinski definition) is 2. The Bertz CT molecular complexity index is 358. The molecule has 100 valence electrons.